The fraction of sp³-hybridized carbons (Fsp3) is 0.235. The topological polar surface area (TPSA) is 38.3 Å². The first-order valence-corrected chi connectivity index (χ1v) is 6.71. The van der Waals surface area contributed by atoms with Gasteiger partial charge in [-0.1, -0.05) is 31.2 Å². The van der Waals surface area contributed by atoms with Gasteiger partial charge in [0.25, 0.3) is 5.91 Å². The van der Waals surface area contributed by atoms with Gasteiger partial charge in [0.05, 0.1) is 6.61 Å². The number of carbonyl (C=O) groups is 1. The van der Waals surface area contributed by atoms with Gasteiger partial charge in [-0.3, -0.25) is 4.79 Å². The third kappa shape index (κ3) is 3.68. The summed E-state index contributed by atoms with van der Waals surface area (Å²) in [5.41, 5.74) is 3.73. The highest BCUT2D eigenvalue weighted by Gasteiger charge is 2.06. The van der Waals surface area contributed by atoms with Crippen molar-refractivity contribution in [2.24, 2.45) is 0 Å². The predicted molar refractivity (Wildman–Crippen MR) is 80.9 cm³/mol. The van der Waals surface area contributed by atoms with E-state index in [0.29, 0.717) is 12.2 Å². The third-order valence-corrected chi connectivity index (χ3v) is 3.12. The molecule has 0 bridgehead atoms. The number of hydrogen-bond donors (Lipinski definition) is 1. The Morgan fingerprint density at radius 2 is 1.85 bits per heavy atom. The summed E-state index contributed by atoms with van der Waals surface area (Å²) >= 11 is 0. The van der Waals surface area contributed by atoms with Crippen LogP contribution in [0.5, 0.6) is 0 Å². The van der Waals surface area contributed by atoms with E-state index in [-0.39, 0.29) is 5.91 Å². The fourth-order valence-electron chi connectivity index (χ4n) is 1.99. The summed E-state index contributed by atoms with van der Waals surface area (Å²) in [4.78, 5) is 12.1. The second-order valence-corrected chi connectivity index (χ2v) is 4.64. The van der Waals surface area contributed by atoms with Crippen molar-refractivity contribution in [3.05, 3.63) is 65.2 Å². The summed E-state index contributed by atoms with van der Waals surface area (Å²) in [6, 6.07) is 15.3. The van der Waals surface area contributed by atoms with Crippen LogP contribution in [0.2, 0.25) is 0 Å². The molecule has 104 valence electrons. The van der Waals surface area contributed by atoms with Gasteiger partial charge in [-0.05, 0) is 41.8 Å². The van der Waals surface area contributed by atoms with Gasteiger partial charge < -0.3 is 10.1 Å². The van der Waals surface area contributed by atoms with E-state index in [1.54, 1.807) is 7.11 Å². The number of methoxy groups -OCH3 is 1. The highest BCUT2D eigenvalue weighted by atomic mass is 16.5. The molecule has 0 radical (unpaired) electrons. The average Bonchev–Trinajstić information content (AvgIpc) is 2.48. The maximum atomic E-state index is 12.1. The lowest BCUT2D eigenvalue weighted by molar-refractivity contribution is 0.102. The van der Waals surface area contributed by atoms with Crippen molar-refractivity contribution >= 4 is 11.6 Å². The molecule has 3 nitrogen and oxygen atoms in total. The summed E-state index contributed by atoms with van der Waals surface area (Å²) in [5, 5.41) is 2.91. The molecule has 0 aliphatic carbocycles. The Kier molecular flexibility index (Phi) is 4.91. The number of amides is 1. The van der Waals surface area contributed by atoms with E-state index in [1.807, 2.05) is 42.5 Å². The van der Waals surface area contributed by atoms with E-state index in [2.05, 4.69) is 18.3 Å². The summed E-state index contributed by atoms with van der Waals surface area (Å²) in [6.45, 7) is 2.65. The largest absolute Gasteiger partial charge is 0.380 e. The van der Waals surface area contributed by atoms with Crippen LogP contribution >= 0.6 is 0 Å². The molecule has 20 heavy (non-hydrogen) atoms. The van der Waals surface area contributed by atoms with Crippen LogP contribution < -0.4 is 5.32 Å². The van der Waals surface area contributed by atoms with Crippen molar-refractivity contribution in [1.29, 1.82) is 0 Å². The lowest BCUT2D eigenvalue weighted by Crippen LogP contribution is -2.12. The van der Waals surface area contributed by atoms with Crippen LogP contribution in [0.4, 0.5) is 5.69 Å². The molecule has 1 N–H and O–H groups in total. The number of anilines is 1. The third-order valence-electron chi connectivity index (χ3n) is 3.12. The quantitative estimate of drug-likeness (QED) is 0.899. The number of hydrogen-bond acceptors (Lipinski definition) is 2. The zero-order valence-electron chi connectivity index (χ0n) is 11.8. The molecule has 0 aliphatic heterocycles. The van der Waals surface area contributed by atoms with Gasteiger partial charge in [0, 0.05) is 18.4 Å². The summed E-state index contributed by atoms with van der Waals surface area (Å²) in [5.74, 6) is -0.0952. The first-order chi connectivity index (χ1) is 9.72. The normalized spacial score (nSPS) is 10.3. The number of carbonyl (C=O) groups excluding carboxylic acids is 1. The maximum Gasteiger partial charge on any atom is 0.255 e. The Morgan fingerprint density at radius 1 is 1.10 bits per heavy atom. The van der Waals surface area contributed by atoms with Crippen LogP contribution in [0, 0.1) is 0 Å². The molecular formula is C17H19NO2. The Morgan fingerprint density at radius 3 is 2.50 bits per heavy atom. The lowest BCUT2D eigenvalue weighted by atomic mass is 10.1. The van der Waals surface area contributed by atoms with Crippen LogP contribution in [-0.2, 0) is 17.8 Å². The molecule has 0 atom stereocenters. The fourth-order valence-corrected chi connectivity index (χ4v) is 1.99. The summed E-state index contributed by atoms with van der Waals surface area (Å²) in [7, 11) is 1.65. The Balaban J connectivity index is 2.07. The molecular weight excluding hydrogens is 250 g/mol. The lowest BCUT2D eigenvalue weighted by Gasteiger charge is -2.07. The maximum absolute atomic E-state index is 12.1. The van der Waals surface area contributed by atoms with Gasteiger partial charge >= 0.3 is 0 Å². The van der Waals surface area contributed by atoms with Gasteiger partial charge in [-0.15, -0.1) is 0 Å². The van der Waals surface area contributed by atoms with Crippen LogP contribution in [0.1, 0.15) is 28.4 Å². The van der Waals surface area contributed by atoms with Crippen LogP contribution in [-0.4, -0.2) is 13.0 Å². The minimum absolute atomic E-state index is 0.0952. The van der Waals surface area contributed by atoms with Gasteiger partial charge in [0.15, 0.2) is 0 Å². The molecule has 0 saturated carbocycles. The standard InChI is InChI=1S/C17H19NO2/c1-3-13-5-4-6-16(11-13)18-17(19)15-9-7-14(8-10-15)12-20-2/h4-11H,3,12H2,1-2H3,(H,18,19). The molecule has 2 rings (SSSR count). The second-order valence-electron chi connectivity index (χ2n) is 4.64. The molecule has 0 unspecified atom stereocenters. The molecule has 0 aliphatic rings. The van der Waals surface area contributed by atoms with Crippen LogP contribution in [0.3, 0.4) is 0 Å². The van der Waals surface area contributed by atoms with Crippen LogP contribution in [0.15, 0.2) is 48.5 Å². The molecule has 0 heterocycles. The van der Waals surface area contributed by atoms with E-state index >= 15 is 0 Å². The predicted octanol–water partition coefficient (Wildman–Crippen LogP) is 3.65. The first kappa shape index (κ1) is 14.3. The van der Waals surface area contributed by atoms with Crippen molar-refractivity contribution < 1.29 is 9.53 Å². The Hall–Kier alpha value is -2.13. The SMILES string of the molecule is CCc1cccc(NC(=O)c2ccc(COC)cc2)c1. The van der Waals surface area contributed by atoms with Crippen molar-refractivity contribution in [2.75, 3.05) is 12.4 Å². The van der Waals surface area contributed by atoms with E-state index in [4.69, 9.17) is 4.74 Å². The molecule has 0 fully saturated rings. The number of rotatable bonds is 5. The monoisotopic (exact) mass is 269 g/mol. The van der Waals surface area contributed by atoms with Crippen LogP contribution in [0.25, 0.3) is 0 Å². The zero-order chi connectivity index (χ0) is 14.4. The average molecular weight is 269 g/mol. The van der Waals surface area contributed by atoms with Gasteiger partial charge in [0.1, 0.15) is 0 Å². The molecule has 3 heteroatoms. The smallest absolute Gasteiger partial charge is 0.255 e. The highest BCUT2D eigenvalue weighted by molar-refractivity contribution is 6.04. The van der Waals surface area contributed by atoms with Crippen molar-refractivity contribution in [2.45, 2.75) is 20.0 Å². The van der Waals surface area contributed by atoms with Gasteiger partial charge in [-0.25, -0.2) is 0 Å². The molecule has 0 spiro atoms. The molecule has 0 aromatic heterocycles. The Bertz CT molecular complexity index is 576. The van der Waals surface area contributed by atoms with Gasteiger partial charge in [-0.2, -0.15) is 0 Å². The van der Waals surface area contributed by atoms with Crippen molar-refractivity contribution in [3.8, 4) is 0 Å². The first-order valence-electron chi connectivity index (χ1n) is 6.71. The Labute approximate surface area is 119 Å². The summed E-state index contributed by atoms with van der Waals surface area (Å²) in [6.07, 6.45) is 0.954. The number of nitrogens with one attached hydrogen (secondary N) is 1. The van der Waals surface area contributed by atoms with E-state index < -0.39 is 0 Å². The second kappa shape index (κ2) is 6.87. The molecule has 2 aromatic carbocycles. The highest BCUT2D eigenvalue weighted by Crippen LogP contribution is 2.13. The number of benzene rings is 2. The molecule has 0 saturated heterocycles. The van der Waals surface area contributed by atoms with E-state index in [0.717, 1.165) is 17.7 Å². The number of aryl methyl sites for hydroxylation is 1. The van der Waals surface area contributed by atoms with Crippen molar-refractivity contribution in [1.82, 2.24) is 0 Å². The molecule has 2 aromatic rings. The van der Waals surface area contributed by atoms with E-state index in [9.17, 15) is 4.79 Å². The van der Waals surface area contributed by atoms with Crippen molar-refractivity contribution in [3.63, 3.8) is 0 Å². The molecule has 1 amide bonds. The number of ether oxygens (including phenoxy) is 1. The summed E-state index contributed by atoms with van der Waals surface area (Å²) < 4.78 is 5.05. The van der Waals surface area contributed by atoms with E-state index in [1.165, 1.54) is 5.56 Å². The minimum atomic E-state index is -0.0952. The van der Waals surface area contributed by atoms with Gasteiger partial charge in [0.2, 0.25) is 0 Å². The minimum Gasteiger partial charge on any atom is -0.380 e. The zero-order valence-corrected chi connectivity index (χ0v) is 11.8.